The lowest BCUT2D eigenvalue weighted by atomic mass is 9.80. The molecule has 1 saturated carbocycles. The summed E-state index contributed by atoms with van der Waals surface area (Å²) in [5.74, 6) is -0.0747. The maximum Gasteiger partial charge on any atom is 0.416 e. The van der Waals surface area contributed by atoms with Crippen molar-refractivity contribution < 1.29 is 39.1 Å². The van der Waals surface area contributed by atoms with Gasteiger partial charge in [0.05, 0.1) is 23.8 Å². The Morgan fingerprint density at radius 3 is 2.58 bits per heavy atom. The van der Waals surface area contributed by atoms with Crippen molar-refractivity contribution in [3.8, 4) is 0 Å². The molecule has 196 valence electrons. The van der Waals surface area contributed by atoms with Crippen LogP contribution in [0.25, 0.3) is 0 Å². The molecule has 1 aromatic rings. The van der Waals surface area contributed by atoms with E-state index in [9.17, 15) is 22.8 Å². The Kier molecular flexibility index (Phi) is 7.74. The number of rotatable bonds is 4. The summed E-state index contributed by atoms with van der Waals surface area (Å²) in [4.78, 5) is 29.5. The molecule has 2 aliphatic carbocycles. The van der Waals surface area contributed by atoms with E-state index in [1.54, 1.807) is 9.80 Å². The van der Waals surface area contributed by atoms with Gasteiger partial charge in [-0.2, -0.15) is 13.2 Å². The van der Waals surface area contributed by atoms with Gasteiger partial charge in [0.1, 0.15) is 0 Å². The maximum atomic E-state index is 13.4. The van der Waals surface area contributed by atoms with Gasteiger partial charge >= 0.3 is 12.3 Å². The molecule has 3 atom stereocenters. The number of allylic oxidation sites excluding steroid dienone is 2. The molecule has 9 heteroatoms. The summed E-state index contributed by atoms with van der Waals surface area (Å²) < 4.78 is 45.8. The molecule has 0 N–H and O–H groups in total. The van der Waals surface area contributed by atoms with Gasteiger partial charge in [0, 0.05) is 38.1 Å². The smallest absolute Gasteiger partial charge is 0.416 e. The predicted molar refractivity (Wildman–Crippen MR) is 127 cm³/mol. The Morgan fingerprint density at radius 1 is 1.17 bits per heavy atom. The van der Waals surface area contributed by atoms with E-state index < -0.39 is 11.7 Å². The highest BCUT2D eigenvalue weighted by atomic mass is 35.5. The lowest BCUT2D eigenvalue weighted by Gasteiger charge is -2.41. The normalized spacial score (nSPS) is 23.9. The summed E-state index contributed by atoms with van der Waals surface area (Å²) in [6.07, 6.45) is 3.19. The molecule has 5 nitrogen and oxygen atoms in total. The summed E-state index contributed by atoms with van der Waals surface area (Å²) in [6, 6.07) is 2.95. The number of carbonyl (C=O) groups is 2. The second-order valence-corrected chi connectivity index (χ2v) is 10.6. The van der Waals surface area contributed by atoms with E-state index in [0.29, 0.717) is 24.9 Å². The van der Waals surface area contributed by atoms with Crippen LogP contribution in [0.3, 0.4) is 0 Å². The highest BCUT2D eigenvalue weighted by Crippen LogP contribution is 2.44. The molecule has 1 aliphatic heterocycles. The Labute approximate surface area is 214 Å². The van der Waals surface area contributed by atoms with Crippen molar-refractivity contribution >= 4 is 12.0 Å². The van der Waals surface area contributed by atoms with Crippen molar-refractivity contribution in [2.24, 2.45) is 5.92 Å². The largest absolute Gasteiger partial charge is 0.447 e. The van der Waals surface area contributed by atoms with Crippen LogP contribution in [0.5, 0.6) is 0 Å². The number of hydrogen-bond acceptors (Lipinski definition) is 3. The van der Waals surface area contributed by atoms with Crippen molar-refractivity contribution in [2.75, 3.05) is 6.54 Å². The van der Waals surface area contributed by atoms with Crippen LogP contribution in [-0.2, 0) is 22.3 Å². The van der Waals surface area contributed by atoms with Gasteiger partial charge in [0.15, 0.2) is 11.6 Å². The third kappa shape index (κ3) is 5.58. The molecule has 2 fully saturated rings. The Bertz CT molecular complexity index is 1080. The average Bonchev–Trinajstić information content (AvgIpc) is 3.17. The predicted octanol–water partition coefficient (Wildman–Crippen LogP) is 5.79. The molecule has 1 heterocycles. The van der Waals surface area contributed by atoms with Gasteiger partial charge < -0.3 is 14.5 Å². The second kappa shape index (κ2) is 10.5. The van der Waals surface area contributed by atoms with E-state index in [-0.39, 0.29) is 47.7 Å². The number of benzene rings is 1. The average molecular weight is 526 g/mol. The van der Waals surface area contributed by atoms with Crippen LogP contribution in [0.15, 0.2) is 41.5 Å². The van der Waals surface area contributed by atoms with Gasteiger partial charge in [0.2, 0.25) is 10.9 Å². The molecule has 4 rings (SSSR count). The fraction of sp³-hybridized carbons (Fsp3) is 0.556. The van der Waals surface area contributed by atoms with Gasteiger partial charge in [-0.1, -0.05) is 17.7 Å². The molecule has 2 amide bonds. The standard InChI is InChI=1S/C27H33ClF3N2O3/c1-16(2)36-26(35)32-11-5-8-24(23-10-9-19-6-4-7-22(19)25(23)32)33(17(3)34)15-18-12-20(27(29,30)31)14-21(28)13-18/h9-10,12-14,16,22,24-25,28H,4-8,11,15H2,1-3H3/q+1/t22?,24-,25?/m0/s1. The van der Waals surface area contributed by atoms with Gasteiger partial charge in [-0.05, 0) is 63.2 Å². The number of carbonyl (C=O) groups excluding carboxylic acids is 2. The van der Waals surface area contributed by atoms with Gasteiger partial charge in [-0.25, -0.2) is 4.79 Å². The number of alkyl halides is 3. The molecule has 1 saturated heterocycles. The monoisotopic (exact) mass is 525 g/mol. The quantitative estimate of drug-likeness (QED) is 0.499. The number of likely N-dealkylation sites (tertiary alicyclic amines) is 1. The SMILES string of the molecule is CC(=O)N(Cc1cc([ClH+])cc(C(F)(F)F)c1)[C@H]1CCCN(C(=O)OC(C)C)C2C1=CC=C1CCCC12. The molecule has 3 aliphatic rings. The van der Waals surface area contributed by atoms with E-state index in [1.165, 1.54) is 18.6 Å². The van der Waals surface area contributed by atoms with Crippen molar-refractivity contribution in [3.63, 3.8) is 0 Å². The lowest BCUT2D eigenvalue weighted by molar-refractivity contribution is -0.289. The molecule has 0 aromatic heterocycles. The topological polar surface area (TPSA) is 49.9 Å². The highest BCUT2D eigenvalue weighted by Gasteiger charge is 2.45. The molecular formula is C27H33ClF3N2O3+. The molecule has 1 aromatic carbocycles. The number of hydrogen-bond donors (Lipinski definition) is 0. The molecule has 0 spiro atoms. The van der Waals surface area contributed by atoms with Crippen molar-refractivity contribution in [2.45, 2.75) is 83.8 Å². The zero-order valence-electron chi connectivity index (χ0n) is 20.8. The first-order chi connectivity index (χ1) is 17.0. The molecular weight excluding hydrogens is 493 g/mol. The van der Waals surface area contributed by atoms with E-state index in [1.807, 2.05) is 19.9 Å². The van der Waals surface area contributed by atoms with Crippen LogP contribution < -0.4 is 0 Å². The van der Waals surface area contributed by atoms with Gasteiger partial charge in [0.25, 0.3) is 0 Å². The summed E-state index contributed by atoms with van der Waals surface area (Å²) in [6.45, 7) is 5.58. The maximum absolute atomic E-state index is 13.4. The van der Waals surface area contributed by atoms with Crippen LogP contribution >= 0.6 is 0 Å². The minimum atomic E-state index is -4.52. The fourth-order valence-corrected chi connectivity index (χ4v) is 6.11. The zero-order chi connectivity index (χ0) is 26.2. The van der Waals surface area contributed by atoms with Gasteiger partial charge in [-0.3, -0.25) is 4.79 Å². The van der Waals surface area contributed by atoms with Crippen molar-refractivity contribution in [3.05, 3.63) is 57.6 Å². The van der Waals surface area contributed by atoms with E-state index >= 15 is 0 Å². The number of amides is 2. The van der Waals surface area contributed by atoms with Crippen molar-refractivity contribution in [1.29, 1.82) is 0 Å². The number of nitrogens with zero attached hydrogens (tertiary/aromatic N) is 2. The Balaban J connectivity index is 1.71. The van der Waals surface area contributed by atoms with Crippen molar-refractivity contribution in [1.82, 2.24) is 9.80 Å². The van der Waals surface area contributed by atoms with Gasteiger partial charge in [-0.15, -0.1) is 0 Å². The van der Waals surface area contributed by atoms with Crippen LogP contribution in [0, 0.1) is 17.5 Å². The lowest BCUT2D eigenvalue weighted by Crippen LogP contribution is -2.50. The molecule has 36 heavy (non-hydrogen) atoms. The molecule has 0 radical (unpaired) electrons. The Morgan fingerprint density at radius 2 is 1.92 bits per heavy atom. The first-order valence-corrected chi connectivity index (χ1v) is 12.9. The van der Waals surface area contributed by atoms with E-state index in [2.05, 4.69) is 6.08 Å². The van der Waals surface area contributed by atoms with Crippen LogP contribution in [0.1, 0.15) is 64.0 Å². The first kappa shape index (κ1) is 26.6. The summed E-state index contributed by atoms with van der Waals surface area (Å²) in [5.41, 5.74) is 1.78. The summed E-state index contributed by atoms with van der Waals surface area (Å²) in [7, 11) is 0. The molecule has 2 unspecified atom stereocenters. The third-order valence-corrected chi connectivity index (χ3v) is 7.50. The molecule has 0 bridgehead atoms. The second-order valence-electron chi connectivity index (χ2n) is 10.1. The zero-order valence-corrected chi connectivity index (χ0v) is 21.6. The first-order valence-electron chi connectivity index (χ1n) is 12.5. The minimum Gasteiger partial charge on any atom is -0.447 e. The number of fused-ring (bicyclic) bond motifs is 3. The van der Waals surface area contributed by atoms with Crippen LogP contribution in [0.2, 0.25) is 5.02 Å². The highest BCUT2D eigenvalue weighted by molar-refractivity contribution is 5.75. The van der Waals surface area contributed by atoms with E-state index in [0.717, 1.165) is 37.0 Å². The number of halogens is 4. The Hall–Kier alpha value is -2.48. The summed E-state index contributed by atoms with van der Waals surface area (Å²) >= 11 is 5.09. The fourth-order valence-electron chi connectivity index (χ4n) is 5.83. The third-order valence-electron chi connectivity index (χ3n) is 7.26. The minimum absolute atomic E-state index is 0.00922. The van der Waals surface area contributed by atoms with Crippen LogP contribution in [-0.4, -0.2) is 46.5 Å². The van der Waals surface area contributed by atoms with E-state index in [4.69, 9.17) is 16.3 Å². The summed E-state index contributed by atoms with van der Waals surface area (Å²) in [5, 5.41) is 0.0834. The van der Waals surface area contributed by atoms with Crippen LogP contribution in [0.4, 0.5) is 18.0 Å². The number of ether oxygens (including phenoxy) is 1.